The maximum absolute atomic E-state index is 10.6. The third kappa shape index (κ3) is 3.97. The van der Waals surface area contributed by atoms with Crippen LogP contribution in [0.1, 0.15) is 55.6 Å². The van der Waals surface area contributed by atoms with E-state index in [9.17, 15) is 9.90 Å². The van der Waals surface area contributed by atoms with Crippen LogP contribution in [0.25, 0.3) is 0 Å². The van der Waals surface area contributed by atoms with Crippen LogP contribution in [0.4, 0.5) is 0 Å². The lowest BCUT2D eigenvalue weighted by Crippen LogP contribution is -2.19. The highest BCUT2D eigenvalue weighted by molar-refractivity contribution is 6.31. The van der Waals surface area contributed by atoms with Gasteiger partial charge in [-0.3, -0.25) is 0 Å². The highest BCUT2D eigenvalue weighted by Gasteiger charge is 2.18. The normalized spacial score (nSPS) is 17.9. The Balaban J connectivity index is 2.00. The zero-order valence-corrected chi connectivity index (χ0v) is 12.3. The van der Waals surface area contributed by atoms with E-state index in [2.05, 4.69) is 6.07 Å². The van der Waals surface area contributed by atoms with Crippen LogP contribution in [-0.2, 0) is 11.2 Å². The molecule has 110 valence electrons. The van der Waals surface area contributed by atoms with Gasteiger partial charge in [-0.2, -0.15) is 0 Å². The molecule has 0 aromatic heterocycles. The van der Waals surface area contributed by atoms with Gasteiger partial charge in [-0.15, -0.1) is 0 Å². The van der Waals surface area contributed by atoms with Gasteiger partial charge in [0.1, 0.15) is 0 Å². The highest BCUT2D eigenvalue weighted by Crippen LogP contribution is 2.36. The first-order valence-electron chi connectivity index (χ1n) is 7.27. The van der Waals surface area contributed by atoms with Crippen molar-refractivity contribution in [2.45, 2.75) is 57.0 Å². The molecule has 3 nitrogen and oxygen atoms in total. The molecule has 1 unspecified atom stereocenters. The molecule has 1 fully saturated rings. The Hall–Kier alpha value is -1.06. The summed E-state index contributed by atoms with van der Waals surface area (Å²) in [5.41, 5.74) is 2.20. The van der Waals surface area contributed by atoms with E-state index in [1.165, 1.54) is 37.7 Å². The van der Waals surface area contributed by atoms with Crippen molar-refractivity contribution in [2.24, 2.45) is 0 Å². The van der Waals surface area contributed by atoms with Crippen LogP contribution in [0.5, 0.6) is 0 Å². The van der Waals surface area contributed by atoms with Crippen molar-refractivity contribution in [3.8, 4) is 0 Å². The Morgan fingerprint density at radius 3 is 2.60 bits per heavy atom. The van der Waals surface area contributed by atoms with E-state index in [0.717, 1.165) is 10.6 Å². The summed E-state index contributed by atoms with van der Waals surface area (Å²) >= 11 is 6.36. The fourth-order valence-corrected chi connectivity index (χ4v) is 3.26. The van der Waals surface area contributed by atoms with Crippen molar-refractivity contribution < 1.29 is 15.0 Å². The van der Waals surface area contributed by atoms with E-state index >= 15 is 0 Å². The minimum atomic E-state index is -1.30. The molecule has 2 rings (SSSR count). The lowest BCUT2D eigenvalue weighted by molar-refractivity contribution is -0.146. The maximum atomic E-state index is 10.6. The fourth-order valence-electron chi connectivity index (χ4n) is 2.90. The number of halogens is 1. The van der Waals surface area contributed by atoms with E-state index in [0.29, 0.717) is 12.3 Å². The van der Waals surface area contributed by atoms with Gasteiger partial charge < -0.3 is 10.2 Å². The lowest BCUT2D eigenvalue weighted by Gasteiger charge is -2.23. The molecular weight excluding hydrogens is 276 g/mol. The average Bonchev–Trinajstić information content (AvgIpc) is 2.45. The molecule has 0 aliphatic heterocycles. The largest absolute Gasteiger partial charge is 0.479 e. The molecule has 0 bridgehead atoms. The monoisotopic (exact) mass is 296 g/mol. The quantitative estimate of drug-likeness (QED) is 0.869. The maximum Gasteiger partial charge on any atom is 0.332 e. The van der Waals surface area contributed by atoms with E-state index < -0.39 is 12.1 Å². The molecule has 0 spiro atoms. The number of aliphatic hydroxyl groups excluding tert-OH is 1. The van der Waals surface area contributed by atoms with Crippen molar-refractivity contribution in [3.05, 3.63) is 34.3 Å². The molecule has 0 radical (unpaired) electrons. The molecule has 1 aromatic carbocycles. The first kappa shape index (κ1) is 15.3. The van der Waals surface area contributed by atoms with Crippen molar-refractivity contribution >= 4 is 17.6 Å². The molecule has 1 aliphatic carbocycles. The van der Waals surface area contributed by atoms with Crippen LogP contribution in [0.3, 0.4) is 0 Å². The molecule has 1 aliphatic rings. The number of hydrogen-bond acceptors (Lipinski definition) is 2. The van der Waals surface area contributed by atoms with Crippen LogP contribution < -0.4 is 0 Å². The first-order chi connectivity index (χ1) is 9.58. The van der Waals surface area contributed by atoms with Crippen molar-refractivity contribution in [1.82, 2.24) is 0 Å². The third-order valence-corrected chi connectivity index (χ3v) is 4.43. The summed E-state index contributed by atoms with van der Waals surface area (Å²) in [4.78, 5) is 10.6. The van der Waals surface area contributed by atoms with E-state index in [4.69, 9.17) is 16.7 Å². The number of hydrogen-bond donors (Lipinski definition) is 2. The Morgan fingerprint density at radius 1 is 1.30 bits per heavy atom. The summed E-state index contributed by atoms with van der Waals surface area (Å²) in [6.07, 6.45) is 5.72. The van der Waals surface area contributed by atoms with Gasteiger partial charge in [0.25, 0.3) is 0 Å². The first-order valence-corrected chi connectivity index (χ1v) is 7.65. The Bertz CT molecular complexity index is 467. The standard InChI is InChI=1S/C16H21ClO3/c17-14-10-11(7-9-15(18)16(19)20)6-8-13(14)12-4-2-1-3-5-12/h6,8,10,12,15,18H,1-5,7,9H2,(H,19,20). The van der Waals surface area contributed by atoms with Gasteiger partial charge in [0.15, 0.2) is 6.10 Å². The Labute approximate surface area is 124 Å². The Kier molecular flexibility index (Phi) is 5.44. The van der Waals surface area contributed by atoms with Gasteiger partial charge in [-0.05, 0) is 48.8 Å². The van der Waals surface area contributed by atoms with Crippen molar-refractivity contribution in [1.29, 1.82) is 0 Å². The number of aryl methyl sites for hydroxylation is 1. The molecule has 20 heavy (non-hydrogen) atoms. The summed E-state index contributed by atoms with van der Waals surface area (Å²) in [5, 5.41) is 18.7. The molecule has 2 N–H and O–H groups in total. The minimum Gasteiger partial charge on any atom is -0.479 e. The van der Waals surface area contributed by atoms with Crippen LogP contribution in [0.2, 0.25) is 5.02 Å². The summed E-state index contributed by atoms with van der Waals surface area (Å²) in [5.74, 6) is -0.607. The number of rotatable bonds is 5. The van der Waals surface area contributed by atoms with Crippen LogP contribution >= 0.6 is 11.6 Å². The van der Waals surface area contributed by atoms with Gasteiger partial charge >= 0.3 is 5.97 Å². The second-order valence-electron chi connectivity index (χ2n) is 5.58. The van der Waals surface area contributed by atoms with Gasteiger partial charge in [0.2, 0.25) is 0 Å². The van der Waals surface area contributed by atoms with Crippen molar-refractivity contribution in [2.75, 3.05) is 0 Å². The number of carboxylic acids is 1. The highest BCUT2D eigenvalue weighted by atomic mass is 35.5. The van der Waals surface area contributed by atoms with Gasteiger partial charge in [0, 0.05) is 5.02 Å². The SMILES string of the molecule is O=C(O)C(O)CCc1ccc(C2CCCCC2)c(Cl)c1. The zero-order valence-electron chi connectivity index (χ0n) is 11.5. The van der Waals surface area contributed by atoms with Crippen LogP contribution in [-0.4, -0.2) is 22.3 Å². The zero-order chi connectivity index (χ0) is 14.5. The predicted molar refractivity (Wildman–Crippen MR) is 79.2 cm³/mol. The second kappa shape index (κ2) is 7.09. The second-order valence-corrected chi connectivity index (χ2v) is 5.99. The van der Waals surface area contributed by atoms with E-state index in [-0.39, 0.29) is 6.42 Å². The summed E-state index contributed by atoms with van der Waals surface area (Å²) in [7, 11) is 0. The average molecular weight is 297 g/mol. The lowest BCUT2D eigenvalue weighted by atomic mass is 9.83. The van der Waals surface area contributed by atoms with E-state index in [1.807, 2.05) is 12.1 Å². The smallest absolute Gasteiger partial charge is 0.332 e. The van der Waals surface area contributed by atoms with Crippen molar-refractivity contribution in [3.63, 3.8) is 0 Å². The summed E-state index contributed by atoms with van der Waals surface area (Å²) in [6, 6.07) is 5.99. The molecule has 0 saturated heterocycles. The topological polar surface area (TPSA) is 57.5 Å². The minimum absolute atomic E-state index is 0.217. The van der Waals surface area contributed by atoms with Gasteiger partial charge in [-0.1, -0.05) is 43.0 Å². The molecule has 1 aromatic rings. The molecular formula is C16H21ClO3. The van der Waals surface area contributed by atoms with Crippen LogP contribution in [0, 0.1) is 0 Å². The summed E-state index contributed by atoms with van der Waals surface area (Å²) < 4.78 is 0. The number of carboxylic acid groups (broad SMARTS) is 1. The number of aliphatic carboxylic acids is 1. The van der Waals surface area contributed by atoms with Crippen LogP contribution in [0.15, 0.2) is 18.2 Å². The fraction of sp³-hybridized carbons (Fsp3) is 0.562. The molecule has 0 amide bonds. The van der Waals surface area contributed by atoms with Gasteiger partial charge in [0.05, 0.1) is 0 Å². The Morgan fingerprint density at radius 2 is 2.00 bits per heavy atom. The molecule has 1 saturated carbocycles. The predicted octanol–water partition coefficient (Wildman–Crippen LogP) is 3.77. The molecule has 1 atom stereocenters. The van der Waals surface area contributed by atoms with Gasteiger partial charge in [-0.25, -0.2) is 4.79 Å². The third-order valence-electron chi connectivity index (χ3n) is 4.10. The number of aliphatic hydroxyl groups is 1. The molecule has 4 heteroatoms. The summed E-state index contributed by atoms with van der Waals surface area (Å²) in [6.45, 7) is 0. The number of benzene rings is 1. The van der Waals surface area contributed by atoms with E-state index in [1.54, 1.807) is 0 Å². The molecule has 0 heterocycles. The number of carbonyl (C=O) groups is 1.